The first kappa shape index (κ1) is 14.6. The van der Waals surface area contributed by atoms with Crippen LogP contribution in [0.3, 0.4) is 0 Å². The highest BCUT2D eigenvalue weighted by molar-refractivity contribution is 5.43. The molecule has 0 aliphatic carbocycles. The van der Waals surface area contributed by atoms with Crippen molar-refractivity contribution in [1.82, 2.24) is 5.32 Å². The van der Waals surface area contributed by atoms with E-state index in [-0.39, 0.29) is 0 Å². The molecule has 0 spiro atoms. The third-order valence-electron chi connectivity index (χ3n) is 2.74. The molecule has 1 unspecified atom stereocenters. The summed E-state index contributed by atoms with van der Waals surface area (Å²) >= 11 is 0. The molecule has 100 valence electrons. The summed E-state index contributed by atoms with van der Waals surface area (Å²) in [5, 5.41) is 3.45. The van der Waals surface area contributed by atoms with Crippen LogP contribution in [-0.4, -0.2) is 20.3 Å². The number of ether oxygens (including phenoxy) is 2. The maximum absolute atomic E-state index is 5.53. The van der Waals surface area contributed by atoms with Gasteiger partial charge in [-0.3, -0.25) is 0 Å². The molecule has 1 rings (SSSR count). The topological polar surface area (TPSA) is 30.5 Å². The van der Waals surface area contributed by atoms with Gasteiger partial charge in [0, 0.05) is 6.04 Å². The van der Waals surface area contributed by atoms with Gasteiger partial charge in [-0.2, -0.15) is 0 Å². The lowest BCUT2D eigenvalue weighted by atomic mass is 10.1. The molecule has 3 heteroatoms. The van der Waals surface area contributed by atoms with E-state index >= 15 is 0 Å². The van der Waals surface area contributed by atoms with E-state index in [1.165, 1.54) is 5.56 Å². The summed E-state index contributed by atoms with van der Waals surface area (Å²) in [7, 11) is 1.66. The number of nitrogens with one attached hydrogen (secondary N) is 1. The fourth-order valence-corrected chi connectivity index (χ4v) is 1.70. The van der Waals surface area contributed by atoms with Crippen molar-refractivity contribution in [3.63, 3.8) is 0 Å². The zero-order chi connectivity index (χ0) is 13.4. The molecule has 0 radical (unpaired) electrons. The van der Waals surface area contributed by atoms with Gasteiger partial charge in [0.25, 0.3) is 0 Å². The third kappa shape index (κ3) is 4.08. The molecule has 0 aliphatic rings. The summed E-state index contributed by atoms with van der Waals surface area (Å²) in [5.74, 6) is 1.52. The molecule has 1 aromatic carbocycles. The van der Waals surface area contributed by atoms with Gasteiger partial charge < -0.3 is 14.8 Å². The molecule has 0 bridgehead atoms. The summed E-state index contributed by atoms with van der Waals surface area (Å²) in [4.78, 5) is 0. The summed E-state index contributed by atoms with van der Waals surface area (Å²) in [6, 6.07) is 6.34. The smallest absolute Gasteiger partial charge is 0.161 e. The molecule has 0 aromatic heterocycles. The Labute approximate surface area is 110 Å². The van der Waals surface area contributed by atoms with Gasteiger partial charge in [0.05, 0.1) is 7.11 Å². The Kier molecular flexibility index (Phi) is 6.29. The summed E-state index contributed by atoms with van der Waals surface area (Å²) < 4.78 is 10.9. The molecule has 1 atom stereocenters. The fraction of sp³-hybridized carbons (Fsp3) is 0.467. The number of benzene rings is 1. The third-order valence-corrected chi connectivity index (χ3v) is 2.74. The Bertz CT molecular complexity index is 377. The van der Waals surface area contributed by atoms with Crippen molar-refractivity contribution in [3.05, 3.63) is 36.4 Å². The number of rotatable bonds is 8. The van der Waals surface area contributed by atoms with Gasteiger partial charge in [0.2, 0.25) is 0 Å². The Hall–Kier alpha value is -1.48. The monoisotopic (exact) mass is 249 g/mol. The lowest BCUT2D eigenvalue weighted by Crippen LogP contribution is -2.19. The predicted octanol–water partition coefficient (Wildman–Crippen LogP) is 3.32. The number of hydrogen-bond acceptors (Lipinski definition) is 3. The summed E-state index contributed by atoms with van der Waals surface area (Å²) in [5.41, 5.74) is 1.20. The Morgan fingerprint density at radius 2 is 2.17 bits per heavy atom. The summed E-state index contributed by atoms with van der Waals surface area (Å²) in [6.45, 7) is 9.44. The molecule has 0 saturated carbocycles. The second-order valence-electron chi connectivity index (χ2n) is 4.19. The molecular weight excluding hydrogens is 226 g/mol. The van der Waals surface area contributed by atoms with Crippen LogP contribution in [0.4, 0.5) is 0 Å². The Balaban J connectivity index is 2.80. The normalized spacial score (nSPS) is 11.9. The van der Waals surface area contributed by atoms with Crippen LogP contribution in [0.25, 0.3) is 0 Å². The van der Waals surface area contributed by atoms with Gasteiger partial charge in [-0.15, -0.1) is 0 Å². The minimum absolute atomic E-state index is 0.312. The average Bonchev–Trinajstić information content (AvgIpc) is 2.42. The largest absolute Gasteiger partial charge is 0.493 e. The van der Waals surface area contributed by atoms with Crippen molar-refractivity contribution in [2.24, 2.45) is 0 Å². The fourth-order valence-electron chi connectivity index (χ4n) is 1.70. The molecule has 1 aromatic rings. The lowest BCUT2D eigenvalue weighted by molar-refractivity contribution is 0.326. The van der Waals surface area contributed by atoms with Crippen LogP contribution in [0.5, 0.6) is 11.5 Å². The first-order chi connectivity index (χ1) is 8.72. The van der Waals surface area contributed by atoms with Crippen molar-refractivity contribution >= 4 is 0 Å². The van der Waals surface area contributed by atoms with Gasteiger partial charge in [-0.1, -0.05) is 25.6 Å². The van der Waals surface area contributed by atoms with Crippen LogP contribution in [0.2, 0.25) is 0 Å². The van der Waals surface area contributed by atoms with Crippen molar-refractivity contribution in [1.29, 1.82) is 0 Å². The molecule has 0 aliphatic heterocycles. The molecule has 0 amide bonds. The SMILES string of the molecule is C=CCOc1ccc(C(C)NCCC)cc1OC. The van der Waals surface area contributed by atoms with E-state index in [0.29, 0.717) is 12.6 Å². The van der Waals surface area contributed by atoms with Crippen LogP contribution < -0.4 is 14.8 Å². The highest BCUT2D eigenvalue weighted by Crippen LogP contribution is 2.30. The maximum atomic E-state index is 5.53. The van der Waals surface area contributed by atoms with E-state index < -0.39 is 0 Å². The van der Waals surface area contributed by atoms with Crippen LogP contribution in [-0.2, 0) is 0 Å². The van der Waals surface area contributed by atoms with Crippen molar-refractivity contribution in [3.8, 4) is 11.5 Å². The highest BCUT2D eigenvalue weighted by Gasteiger charge is 2.09. The summed E-state index contributed by atoms with van der Waals surface area (Å²) in [6.07, 6.45) is 2.85. The molecule has 0 saturated heterocycles. The van der Waals surface area contributed by atoms with Crippen LogP contribution >= 0.6 is 0 Å². The van der Waals surface area contributed by atoms with Gasteiger partial charge in [0.1, 0.15) is 6.61 Å². The van der Waals surface area contributed by atoms with Crippen LogP contribution in [0.1, 0.15) is 31.9 Å². The number of hydrogen-bond donors (Lipinski definition) is 1. The molecule has 0 heterocycles. The van der Waals surface area contributed by atoms with E-state index in [0.717, 1.165) is 24.5 Å². The lowest BCUT2D eigenvalue weighted by Gasteiger charge is -2.16. The second-order valence-corrected chi connectivity index (χ2v) is 4.19. The Morgan fingerprint density at radius 3 is 2.78 bits per heavy atom. The number of methoxy groups -OCH3 is 1. The van der Waals surface area contributed by atoms with E-state index in [9.17, 15) is 0 Å². The molecule has 18 heavy (non-hydrogen) atoms. The Morgan fingerprint density at radius 1 is 1.39 bits per heavy atom. The van der Waals surface area contributed by atoms with Crippen LogP contribution in [0.15, 0.2) is 30.9 Å². The quantitative estimate of drug-likeness (QED) is 0.717. The van der Waals surface area contributed by atoms with E-state index in [4.69, 9.17) is 9.47 Å². The predicted molar refractivity (Wildman–Crippen MR) is 75.4 cm³/mol. The van der Waals surface area contributed by atoms with E-state index in [1.54, 1.807) is 13.2 Å². The van der Waals surface area contributed by atoms with Crippen LogP contribution in [0, 0.1) is 0 Å². The molecule has 3 nitrogen and oxygen atoms in total. The first-order valence-electron chi connectivity index (χ1n) is 6.38. The van der Waals surface area contributed by atoms with E-state index in [1.807, 2.05) is 12.1 Å². The molecule has 0 fully saturated rings. The van der Waals surface area contributed by atoms with Crippen molar-refractivity contribution < 1.29 is 9.47 Å². The van der Waals surface area contributed by atoms with Gasteiger partial charge in [-0.05, 0) is 37.6 Å². The van der Waals surface area contributed by atoms with E-state index in [2.05, 4.69) is 31.8 Å². The molecular formula is C15H23NO2. The van der Waals surface area contributed by atoms with Gasteiger partial charge >= 0.3 is 0 Å². The van der Waals surface area contributed by atoms with Crippen molar-refractivity contribution in [2.75, 3.05) is 20.3 Å². The zero-order valence-corrected chi connectivity index (χ0v) is 11.5. The minimum atomic E-state index is 0.312. The maximum Gasteiger partial charge on any atom is 0.161 e. The highest BCUT2D eigenvalue weighted by atomic mass is 16.5. The minimum Gasteiger partial charge on any atom is -0.493 e. The standard InChI is InChI=1S/C15H23NO2/c1-5-9-16-12(3)13-7-8-14(18-10-6-2)15(11-13)17-4/h6-8,11-12,16H,2,5,9-10H2,1,3-4H3. The zero-order valence-electron chi connectivity index (χ0n) is 11.5. The first-order valence-corrected chi connectivity index (χ1v) is 6.38. The van der Waals surface area contributed by atoms with Gasteiger partial charge in [0.15, 0.2) is 11.5 Å². The molecule has 1 N–H and O–H groups in total. The van der Waals surface area contributed by atoms with Crippen molar-refractivity contribution in [2.45, 2.75) is 26.3 Å². The average molecular weight is 249 g/mol. The van der Waals surface area contributed by atoms with Gasteiger partial charge in [-0.25, -0.2) is 0 Å². The second kappa shape index (κ2) is 7.77.